The van der Waals surface area contributed by atoms with E-state index < -0.39 is 0 Å². The molecule has 0 spiro atoms. The molecule has 21 heavy (non-hydrogen) atoms. The lowest BCUT2D eigenvalue weighted by molar-refractivity contribution is -0.122. The predicted molar refractivity (Wildman–Crippen MR) is 81.2 cm³/mol. The molecule has 2 aromatic rings. The van der Waals surface area contributed by atoms with Crippen molar-refractivity contribution in [3.63, 3.8) is 0 Å². The first-order valence-corrected chi connectivity index (χ1v) is 7.11. The maximum atomic E-state index is 11.8. The Morgan fingerprint density at radius 2 is 2.14 bits per heavy atom. The van der Waals surface area contributed by atoms with E-state index in [0.717, 1.165) is 23.6 Å². The number of hydrogen-bond donors (Lipinski definition) is 2. The van der Waals surface area contributed by atoms with Crippen molar-refractivity contribution >= 4 is 5.91 Å². The van der Waals surface area contributed by atoms with E-state index in [9.17, 15) is 4.79 Å². The summed E-state index contributed by atoms with van der Waals surface area (Å²) in [5.41, 5.74) is 1.99. The molecular weight excluding hydrogens is 266 g/mol. The summed E-state index contributed by atoms with van der Waals surface area (Å²) in [6.07, 6.45) is 1.06. The number of para-hydroxylation sites is 1. The Morgan fingerprint density at radius 3 is 2.81 bits per heavy atom. The number of ether oxygens (including phenoxy) is 1. The number of aryl methyl sites for hydroxylation is 1. The Labute approximate surface area is 124 Å². The number of nitrogens with zero attached hydrogens (tertiary/aromatic N) is 1. The average molecular weight is 287 g/mol. The van der Waals surface area contributed by atoms with Crippen molar-refractivity contribution in [3.8, 4) is 5.75 Å². The van der Waals surface area contributed by atoms with E-state index in [0.29, 0.717) is 13.0 Å². The fraction of sp³-hybridized carbons (Fsp3) is 0.375. The lowest BCUT2D eigenvalue weighted by Gasteiger charge is -2.12. The standard InChI is InChI=1S/C16H21N3O2/c1-12(10-14-11-13(2)18-19-14)17-16(20)8-9-21-15-6-4-3-5-7-15/h3-7,11-12H,8-10H2,1-2H3,(H,17,20)(H,18,19). The summed E-state index contributed by atoms with van der Waals surface area (Å²) < 4.78 is 5.50. The average Bonchev–Trinajstić information content (AvgIpc) is 2.85. The first-order chi connectivity index (χ1) is 10.1. The molecule has 5 heteroatoms. The third-order valence-corrected chi connectivity index (χ3v) is 3.02. The molecule has 2 N–H and O–H groups in total. The SMILES string of the molecule is Cc1cc(CC(C)NC(=O)CCOc2ccccc2)n[nH]1. The van der Waals surface area contributed by atoms with Crippen LogP contribution < -0.4 is 10.1 Å². The minimum Gasteiger partial charge on any atom is -0.493 e. The van der Waals surface area contributed by atoms with Gasteiger partial charge in [-0.2, -0.15) is 5.10 Å². The minimum atomic E-state index is -0.00862. The van der Waals surface area contributed by atoms with E-state index in [-0.39, 0.29) is 11.9 Å². The second kappa shape index (κ2) is 7.47. The Morgan fingerprint density at radius 1 is 1.38 bits per heavy atom. The molecule has 1 aromatic carbocycles. The lowest BCUT2D eigenvalue weighted by atomic mass is 10.1. The van der Waals surface area contributed by atoms with Crippen molar-refractivity contribution in [2.75, 3.05) is 6.61 Å². The molecule has 0 aliphatic carbocycles. The van der Waals surface area contributed by atoms with Crippen molar-refractivity contribution in [3.05, 3.63) is 47.8 Å². The van der Waals surface area contributed by atoms with Gasteiger partial charge in [-0.05, 0) is 32.0 Å². The van der Waals surface area contributed by atoms with E-state index in [1.165, 1.54) is 0 Å². The largest absolute Gasteiger partial charge is 0.493 e. The van der Waals surface area contributed by atoms with Crippen LogP contribution in [-0.4, -0.2) is 28.8 Å². The highest BCUT2D eigenvalue weighted by molar-refractivity contribution is 5.76. The van der Waals surface area contributed by atoms with Gasteiger partial charge in [0.2, 0.25) is 5.91 Å². The van der Waals surface area contributed by atoms with Crippen LogP contribution in [0.15, 0.2) is 36.4 Å². The number of benzene rings is 1. The number of nitrogens with one attached hydrogen (secondary N) is 2. The zero-order chi connectivity index (χ0) is 15.1. The van der Waals surface area contributed by atoms with Crippen LogP contribution in [0.3, 0.4) is 0 Å². The molecule has 1 aromatic heterocycles. The van der Waals surface area contributed by atoms with E-state index >= 15 is 0 Å². The Hall–Kier alpha value is -2.30. The molecule has 0 saturated heterocycles. The smallest absolute Gasteiger partial charge is 0.223 e. The van der Waals surface area contributed by atoms with Gasteiger partial charge in [0.05, 0.1) is 18.7 Å². The van der Waals surface area contributed by atoms with Crippen molar-refractivity contribution in [1.82, 2.24) is 15.5 Å². The van der Waals surface area contributed by atoms with Crippen LogP contribution in [0.1, 0.15) is 24.7 Å². The quantitative estimate of drug-likeness (QED) is 0.820. The van der Waals surface area contributed by atoms with Gasteiger partial charge in [-0.3, -0.25) is 9.89 Å². The molecule has 2 rings (SSSR count). The van der Waals surface area contributed by atoms with Crippen molar-refractivity contribution in [1.29, 1.82) is 0 Å². The summed E-state index contributed by atoms with van der Waals surface area (Å²) in [6, 6.07) is 11.5. The summed E-state index contributed by atoms with van der Waals surface area (Å²) in [7, 11) is 0. The molecule has 1 amide bonds. The summed E-state index contributed by atoms with van der Waals surface area (Å²) in [4.78, 5) is 11.8. The highest BCUT2D eigenvalue weighted by atomic mass is 16.5. The summed E-state index contributed by atoms with van der Waals surface area (Å²) in [5, 5.41) is 10.0. The Kier molecular flexibility index (Phi) is 5.37. The normalized spacial score (nSPS) is 11.9. The monoisotopic (exact) mass is 287 g/mol. The van der Waals surface area contributed by atoms with Gasteiger partial charge in [0, 0.05) is 18.2 Å². The molecule has 0 bridgehead atoms. The fourth-order valence-corrected chi connectivity index (χ4v) is 2.07. The molecule has 112 valence electrons. The molecule has 1 heterocycles. The van der Waals surface area contributed by atoms with Gasteiger partial charge in [0.15, 0.2) is 0 Å². The minimum absolute atomic E-state index is 0.00862. The zero-order valence-electron chi connectivity index (χ0n) is 12.4. The van der Waals surface area contributed by atoms with Crippen molar-refractivity contribution in [2.24, 2.45) is 0 Å². The number of H-pyrrole nitrogens is 1. The molecule has 0 aliphatic heterocycles. The van der Waals surface area contributed by atoms with Crippen LogP contribution in [0, 0.1) is 6.92 Å². The van der Waals surface area contributed by atoms with Gasteiger partial charge in [0.1, 0.15) is 5.75 Å². The van der Waals surface area contributed by atoms with Gasteiger partial charge in [-0.1, -0.05) is 18.2 Å². The molecular formula is C16H21N3O2. The van der Waals surface area contributed by atoms with E-state index in [1.54, 1.807) is 0 Å². The number of carbonyl (C=O) groups is 1. The highest BCUT2D eigenvalue weighted by Crippen LogP contribution is 2.08. The molecule has 5 nitrogen and oxygen atoms in total. The number of rotatable bonds is 7. The van der Waals surface area contributed by atoms with E-state index in [2.05, 4.69) is 15.5 Å². The van der Waals surface area contributed by atoms with Crippen molar-refractivity contribution < 1.29 is 9.53 Å². The summed E-state index contributed by atoms with van der Waals surface area (Å²) in [6.45, 7) is 4.31. The fourth-order valence-electron chi connectivity index (χ4n) is 2.07. The molecule has 0 aliphatic rings. The number of hydrogen-bond acceptors (Lipinski definition) is 3. The number of amides is 1. The van der Waals surface area contributed by atoms with Gasteiger partial charge >= 0.3 is 0 Å². The summed E-state index contributed by atoms with van der Waals surface area (Å²) in [5.74, 6) is 0.774. The second-order valence-corrected chi connectivity index (χ2v) is 5.13. The molecule has 1 atom stereocenters. The third kappa shape index (κ3) is 5.30. The van der Waals surface area contributed by atoms with Crippen LogP contribution in [0.4, 0.5) is 0 Å². The number of carbonyl (C=O) groups excluding carboxylic acids is 1. The maximum absolute atomic E-state index is 11.8. The van der Waals surface area contributed by atoms with Gasteiger partial charge < -0.3 is 10.1 Å². The van der Waals surface area contributed by atoms with Gasteiger partial charge in [0.25, 0.3) is 0 Å². The lowest BCUT2D eigenvalue weighted by Crippen LogP contribution is -2.34. The molecule has 1 unspecified atom stereocenters. The van der Waals surface area contributed by atoms with Crippen LogP contribution in [0.2, 0.25) is 0 Å². The van der Waals surface area contributed by atoms with Crippen LogP contribution in [-0.2, 0) is 11.2 Å². The number of aromatic nitrogens is 2. The predicted octanol–water partition coefficient (Wildman–Crippen LogP) is 2.23. The molecule has 0 saturated carbocycles. The maximum Gasteiger partial charge on any atom is 0.223 e. The van der Waals surface area contributed by atoms with Gasteiger partial charge in [-0.15, -0.1) is 0 Å². The van der Waals surface area contributed by atoms with Crippen LogP contribution in [0.5, 0.6) is 5.75 Å². The Bertz CT molecular complexity index is 566. The number of aromatic amines is 1. The molecule has 0 radical (unpaired) electrons. The Balaban J connectivity index is 1.67. The van der Waals surface area contributed by atoms with E-state index in [1.807, 2.05) is 50.2 Å². The zero-order valence-corrected chi connectivity index (χ0v) is 12.4. The molecule has 0 fully saturated rings. The second-order valence-electron chi connectivity index (χ2n) is 5.13. The highest BCUT2D eigenvalue weighted by Gasteiger charge is 2.10. The van der Waals surface area contributed by atoms with Crippen LogP contribution >= 0.6 is 0 Å². The first-order valence-electron chi connectivity index (χ1n) is 7.11. The topological polar surface area (TPSA) is 67.0 Å². The van der Waals surface area contributed by atoms with E-state index in [4.69, 9.17) is 4.74 Å². The third-order valence-electron chi connectivity index (χ3n) is 3.02. The van der Waals surface area contributed by atoms with Crippen LogP contribution in [0.25, 0.3) is 0 Å². The van der Waals surface area contributed by atoms with Crippen molar-refractivity contribution in [2.45, 2.75) is 32.7 Å². The first kappa shape index (κ1) is 15.1. The summed E-state index contributed by atoms with van der Waals surface area (Å²) >= 11 is 0. The van der Waals surface area contributed by atoms with Gasteiger partial charge in [-0.25, -0.2) is 0 Å².